The molecule has 0 atom stereocenters. The van der Waals surface area contributed by atoms with Crippen LogP contribution < -0.4 is 0 Å². The molecule has 0 bridgehead atoms. The van der Waals surface area contributed by atoms with Gasteiger partial charge in [-0.05, 0) is 12.1 Å². The van der Waals surface area contributed by atoms with Gasteiger partial charge < -0.3 is 0 Å². The fraction of sp³-hybridized carbons (Fsp3) is 0. The highest BCUT2D eigenvalue weighted by Crippen LogP contribution is 2.23. The maximum absolute atomic E-state index is 4.20. The lowest BCUT2D eigenvalue weighted by Gasteiger charge is -1.80. The van der Waals surface area contributed by atoms with Crippen LogP contribution in [0.15, 0.2) is 45.7 Å². The van der Waals surface area contributed by atoms with Crippen molar-refractivity contribution in [2.24, 2.45) is 0 Å². The van der Waals surface area contributed by atoms with Crippen LogP contribution in [0.1, 0.15) is 0 Å². The van der Waals surface area contributed by atoms with E-state index in [1.54, 1.807) is 34.4 Å². The average molecular weight is 252 g/mol. The Bertz CT molecular complexity index is 466. The Morgan fingerprint density at radius 1 is 1.20 bits per heavy atom. The third-order valence-corrected chi connectivity index (χ3v) is 3.36. The molecule has 0 amide bonds. The molecule has 0 aliphatic heterocycles. The van der Waals surface area contributed by atoms with Crippen molar-refractivity contribution in [2.45, 2.75) is 4.34 Å². The Labute approximate surface area is 101 Å². The van der Waals surface area contributed by atoms with E-state index in [0.29, 0.717) is 0 Å². The number of benzene rings is 1. The number of rotatable bonds is 0. The maximum Gasteiger partial charge on any atom is 0.148 e. The van der Waals surface area contributed by atoms with Gasteiger partial charge >= 0.3 is 0 Å². The van der Waals surface area contributed by atoms with E-state index in [9.17, 15) is 0 Å². The Morgan fingerprint density at radius 2 is 2.07 bits per heavy atom. The molecule has 0 N–H and O–H groups in total. The number of thiazole rings is 2. The van der Waals surface area contributed by atoms with E-state index in [2.05, 4.69) is 22.6 Å². The Morgan fingerprint density at radius 3 is 2.67 bits per heavy atom. The molecule has 0 fully saturated rings. The first-order valence-electron chi connectivity index (χ1n) is 4.23. The van der Waals surface area contributed by atoms with E-state index in [-0.39, 0.29) is 0 Å². The van der Waals surface area contributed by atoms with Crippen LogP contribution in [0.25, 0.3) is 10.2 Å². The van der Waals surface area contributed by atoms with Crippen molar-refractivity contribution in [3.8, 4) is 0 Å². The van der Waals surface area contributed by atoms with Gasteiger partial charge in [0.15, 0.2) is 0 Å². The van der Waals surface area contributed by atoms with Crippen molar-refractivity contribution in [1.29, 1.82) is 0 Å². The van der Waals surface area contributed by atoms with Crippen molar-refractivity contribution < 1.29 is 0 Å². The lowest BCUT2D eigenvalue weighted by atomic mass is 10.3. The molecule has 76 valence electrons. The van der Waals surface area contributed by atoms with E-state index in [0.717, 1.165) is 9.86 Å². The Hall–Kier alpha value is -0.910. The van der Waals surface area contributed by atoms with Gasteiger partial charge in [-0.25, -0.2) is 4.98 Å². The van der Waals surface area contributed by atoms with Gasteiger partial charge in [0.1, 0.15) is 4.34 Å². The van der Waals surface area contributed by atoms with Crippen LogP contribution in [-0.4, -0.2) is 9.97 Å². The molecule has 3 aromatic rings. The summed E-state index contributed by atoms with van der Waals surface area (Å²) < 4.78 is 2.04. The van der Waals surface area contributed by atoms with E-state index in [4.69, 9.17) is 0 Å². The second kappa shape index (κ2) is 5.25. The fourth-order valence-electron chi connectivity index (χ4n) is 1.04. The molecule has 1 aromatic carbocycles. The minimum absolute atomic E-state index is 0.834. The number of hydrogen-bond acceptors (Lipinski definition) is 5. The largest absolute Gasteiger partial charge is 0.253 e. The maximum atomic E-state index is 4.20. The molecule has 0 spiro atoms. The number of para-hydroxylation sites is 1. The second-order valence-electron chi connectivity index (χ2n) is 2.64. The molecule has 0 unspecified atom stereocenters. The van der Waals surface area contributed by atoms with Crippen LogP contribution >= 0.6 is 35.3 Å². The minimum Gasteiger partial charge on any atom is -0.253 e. The first-order chi connectivity index (χ1) is 7.36. The van der Waals surface area contributed by atoms with E-state index >= 15 is 0 Å². The summed E-state index contributed by atoms with van der Waals surface area (Å²) in [6.45, 7) is 0. The third-order valence-electron chi connectivity index (χ3n) is 1.63. The monoisotopic (exact) mass is 252 g/mol. The van der Waals surface area contributed by atoms with Gasteiger partial charge in [-0.1, -0.05) is 12.1 Å². The van der Waals surface area contributed by atoms with Crippen LogP contribution in [0.4, 0.5) is 0 Å². The molecule has 0 aliphatic carbocycles. The summed E-state index contributed by atoms with van der Waals surface area (Å²) >= 11 is 7.36. The Kier molecular flexibility index (Phi) is 3.71. The van der Waals surface area contributed by atoms with Crippen molar-refractivity contribution >= 4 is 45.5 Å². The van der Waals surface area contributed by atoms with Gasteiger partial charge in [-0.3, -0.25) is 4.98 Å². The molecule has 2 nitrogen and oxygen atoms in total. The normalized spacial score (nSPS) is 9.67. The summed E-state index contributed by atoms with van der Waals surface area (Å²) in [5.74, 6) is 0. The van der Waals surface area contributed by atoms with E-state index < -0.39 is 0 Å². The summed E-state index contributed by atoms with van der Waals surface area (Å²) in [5.41, 5.74) is 2.83. The van der Waals surface area contributed by atoms with Crippen molar-refractivity contribution in [3.63, 3.8) is 0 Å². The third kappa shape index (κ3) is 3.02. The number of aromatic nitrogens is 2. The zero-order chi connectivity index (χ0) is 10.5. The number of nitrogens with zero attached hydrogens (tertiary/aromatic N) is 2. The topological polar surface area (TPSA) is 25.8 Å². The van der Waals surface area contributed by atoms with Gasteiger partial charge in [0, 0.05) is 11.6 Å². The molecule has 2 aromatic heterocycles. The van der Waals surface area contributed by atoms with E-state index in [1.165, 1.54) is 4.70 Å². The molecule has 0 saturated carbocycles. The molecule has 0 aliphatic rings. The first-order valence-corrected chi connectivity index (χ1v) is 6.43. The van der Waals surface area contributed by atoms with Crippen molar-refractivity contribution in [3.05, 3.63) is 41.4 Å². The molecule has 2 heterocycles. The Balaban J connectivity index is 0.000000144. The van der Waals surface area contributed by atoms with Crippen molar-refractivity contribution in [2.75, 3.05) is 0 Å². The SMILES string of the molecule is Sc1nc2ccccc2s1.c1cscn1. The van der Waals surface area contributed by atoms with Gasteiger partial charge in [-0.2, -0.15) is 0 Å². The lowest BCUT2D eigenvalue weighted by molar-refractivity contribution is 1.31. The van der Waals surface area contributed by atoms with Gasteiger partial charge in [0.25, 0.3) is 0 Å². The zero-order valence-electron chi connectivity index (χ0n) is 7.70. The van der Waals surface area contributed by atoms with Crippen molar-refractivity contribution in [1.82, 2.24) is 9.97 Å². The highest BCUT2D eigenvalue weighted by Gasteiger charge is 1.96. The van der Waals surface area contributed by atoms with Gasteiger partial charge in [-0.15, -0.1) is 35.3 Å². The number of thiol groups is 1. The first kappa shape index (κ1) is 10.6. The minimum atomic E-state index is 0.834. The lowest BCUT2D eigenvalue weighted by Crippen LogP contribution is -1.63. The average Bonchev–Trinajstić information content (AvgIpc) is 2.87. The molecule has 3 rings (SSSR count). The summed E-state index contributed by atoms with van der Waals surface area (Å²) in [4.78, 5) is 7.94. The summed E-state index contributed by atoms with van der Waals surface area (Å²) in [6, 6.07) is 8.03. The van der Waals surface area contributed by atoms with Crippen LogP contribution in [0, 0.1) is 0 Å². The molecular weight excluding hydrogens is 244 g/mol. The zero-order valence-corrected chi connectivity index (χ0v) is 10.2. The van der Waals surface area contributed by atoms with Crippen LogP contribution in [0.3, 0.4) is 0 Å². The van der Waals surface area contributed by atoms with Crippen LogP contribution in [0.5, 0.6) is 0 Å². The molecule has 15 heavy (non-hydrogen) atoms. The predicted octanol–water partition coefficient (Wildman–Crippen LogP) is 3.73. The van der Waals surface area contributed by atoms with Crippen LogP contribution in [-0.2, 0) is 0 Å². The smallest absolute Gasteiger partial charge is 0.148 e. The van der Waals surface area contributed by atoms with Gasteiger partial charge in [0.05, 0.1) is 15.7 Å². The van der Waals surface area contributed by atoms with E-state index in [1.807, 2.05) is 29.6 Å². The summed E-state index contributed by atoms with van der Waals surface area (Å²) in [6.07, 6.45) is 1.77. The van der Waals surface area contributed by atoms with Gasteiger partial charge in [0.2, 0.25) is 0 Å². The summed E-state index contributed by atoms with van der Waals surface area (Å²) in [5, 5.41) is 1.93. The summed E-state index contributed by atoms with van der Waals surface area (Å²) in [7, 11) is 0. The molecule has 0 radical (unpaired) electrons. The molecular formula is C10H8N2S3. The fourth-order valence-corrected chi connectivity index (χ4v) is 2.50. The molecule has 0 saturated heterocycles. The number of fused-ring (bicyclic) bond motifs is 1. The molecule has 5 heteroatoms. The standard InChI is InChI=1S/C7H5NS2.C3H3NS/c9-7-8-5-3-1-2-4-6(5)10-7;1-2-5-3-4-1/h1-4H,(H,8,9);1-3H. The van der Waals surface area contributed by atoms with Crippen LogP contribution in [0.2, 0.25) is 0 Å². The second-order valence-corrected chi connectivity index (χ2v) is 5.15. The highest BCUT2D eigenvalue weighted by molar-refractivity contribution is 7.82. The highest BCUT2D eigenvalue weighted by atomic mass is 32.2. The predicted molar refractivity (Wildman–Crippen MR) is 69.0 cm³/mol. The quantitative estimate of drug-likeness (QED) is 0.617. The number of hydrogen-bond donors (Lipinski definition) is 1.